The van der Waals surface area contributed by atoms with Crippen LogP contribution in [0.1, 0.15) is 36.7 Å². The number of H-pyrrole nitrogens is 1. The molecule has 0 atom stereocenters. The number of fused-ring (bicyclic) bond motifs is 1. The number of hydrogen-bond donors (Lipinski definition) is 4. The van der Waals surface area contributed by atoms with Crippen molar-refractivity contribution < 1.29 is 17.6 Å². The van der Waals surface area contributed by atoms with E-state index in [1.54, 1.807) is 12.4 Å². The molecule has 4 N–H and O–H groups in total. The van der Waals surface area contributed by atoms with E-state index < -0.39 is 10.0 Å². The van der Waals surface area contributed by atoms with Crippen molar-refractivity contribution in [3.05, 3.63) is 30.4 Å². The summed E-state index contributed by atoms with van der Waals surface area (Å²) >= 11 is 0. The number of carbonyl (C=O) groups excluding carboxylic acids is 1. The van der Waals surface area contributed by atoms with Crippen LogP contribution in [0.25, 0.3) is 22.5 Å². The lowest BCUT2D eigenvalue weighted by Crippen LogP contribution is -2.50. The molecule has 1 fully saturated rings. The third kappa shape index (κ3) is 4.03. The molecule has 160 valence electrons. The van der Waals surface area contributed by atoms with E-state index in [-0.39, 0.29) is 35.3 Å². The standard InChI is InChI=1S/C19H24N6O4S/c1-3-6-30(27,28)25-12-7-11(8-12)23-16-13-4-5-21-17(13)22-9-14(16)19-24-15(10-29-19)18(26)20-2/h4-5,9-12,25H,3,6-8H2,1-2H3,(H,20,26)(H2,21,22,23). The molecule has 1 amide bonds. The van der Waals surface area contributed by atoms with E-state index in [1.807, 2.05) is 13.0 Å². The zero-order valence-electron chi connectivity index (χ0n) is 16.7. The molecule has 0 radical (unpaired) electrons. The van der Waals surface area contributed by atoms with Crippen LogP contribution in [0.5, 0.6) is 0 Å². The van der Waals surface area contributed by atoms with Gasteiger partial charge in [0.25, 0.3) is 5.91 Å². The molecule has 0 spiro atoms. The number of sulfonamides is 1. The minimum absolute atomic E-state index is 0.0763. The first-order chi connectivity index (χ1) is 14.4. The zero-order chi connectivity index (χ0) is 21.3. The van der Waals surface area contributed by atoms with Crippen LogP contribution in [-0.2, 0) is 10.0 Å². The summed E-state index contributed by atoms with van der Waals surface area (Å²) in [4.78, 5) is 23.6. The van der Waals surface area contributed by atoms with Crippen LogP contribution in [0.4, 0.5) is 5.69 Å². The van der Waals surface area contributed by atoms with Gasteiger partial charge in [-0.05, 0) is 25.3 Å². The number of pyridine rings is 1. The van der Waals surface area contributed by atoms with Crippen LogP contribution >= 0.6 is 0 Å². The smallest absolute Gasteiger partial charge is 0.272 e. The molecular formula is C19H24N6O4S. The third-order valence-electron chi connectivity index (χ3n) is 5.09. The van der Waals surface area contributed by atoms with Crippen molar-refractivity contribution in [2.75, 3.05) is 18.1 Å². The highest BCUT2D eigenvalue weighted by atomic mass is 32.2. The Balaban J connectivity index is 1.55. The van der Waals surface area contributed by atoms with Crippen LogP contribution < -0.4 is 15.4 Å². The van der Waals surface area contributed by atoms with Crippen molar-refractivity contribution in [1.29, 1.82) is 0 Å². The Morgan fingerprint density at radius 3 is 2.87 bits per heavy atom. The summed E-state index contributed by atoms with van der Waals surface area (Å²) in [6.45, 7) is 1.84. The van der Waals surface area contributed by atoms with Gasteiger partial charge in [0.15, 0.2) is 5.69 Å². The minimum Gasteiger partial charge on any atom is -0.443 e. The van der Waals surface area contributed by atoms with Gasteiger partial charge in [-0.15, -0.1) is 0 Å². The molecule has 3 heterocycles. The molecule has 0 unspecified atom stereocenters. The van der Waals surface area contributed by atoms with E-state index in [4.69, 9.17) is 4.42 Å². The fourth-order valence-electron chi connectivity index (χ4n) is 3.57. The second-order valence-corrected chi connectivity index (χ2v) is 9.22. The van der Waals surface area contributed by atoms with Crippen LogP contribution in [0, 0.1) is 0 Å². The van der Waals surface area contributed by atoms with Gasteiger partial charge >= 0.3 is 0 Å². The van der Waals surface area contributed by atoms with Crippen LogP contribution in [0.2, 0.25) is 0 Å². The molecule has 3 aromatic heterocycles. The van der Waals surface area contributed by atoms with E-state index in [1.165, 1.54) is 13.3 Å². The number of hydrogen-bond acceptors (Lipinski definition) is 7. The van der Waals surface area contributed by atoms with E-state index in [0.717, 1.165) is 11.1 Å². The Morgan fingerprint density at radius 1 is 1.33 bits per heavy atom. The van der Waals surface area contributed by atoms with Crippen molar-refractivity contribution in [2.24, 2.45) is 0 Å². The number of nitrogens with zero attached hydrogens (tertiary/aromatic N) is 2. The molecule has 1 aliphatic carbocycles. The first-order valence-corrected chi connectivity index (χ1v) is 11.5. The number of aromatic nitrogens is 3. The lowest BCUT2D eigenvalue weighted by molar-refractivity contribution is 0.0958. The monoisotopic (exact) mass is 432 g/mol. The van der Waals surface area contributed by atoms with Crippen LogP contribution in [0.15, 0.2) is 29.1 Å². The average molecular weight is 433 g/mol. The van der Waals surface area contributed by atoms with Crippen molar-refractivity contribution in [2.45, 2.75) is 38.3 Å². The Hall–Kier alpha value is -2.92. The van der Waals surface area contributed by atoms with Gasteiger partial charge < -0.3 is 20.0 Å². The second kappa shape index (κ2) is 8.07. The van der Waals surface area contributed by atoms with Gasteiger partial charge in [0.2, 0.25) is 15.9 Å². The second-order valence-electron chi connectivity index (χ2n) is 7.35. The molecule has 10 nitrogen and oxygen atoms in total. The van der Waals surface area contributed by atoms with Crippen molar-refractivity contribution in [3.63, 3.8) is 0 Å². The Labute approximate surface area is 173 Å². The SMILES string of the molecule is CCCS(=O)(=O)NC1CC(Nc2c(-c3nc(C(=O)NC)co3)cnc3[nH]ccc23)C1. The number of oxazole rings is 1. The molecular weight excluding hydrogens is 408 g/mol. The van der Waals surface area contributed by atoms with Crippen molar-refractivity contribution in [3.8, 4) is 11.5 Å². The summed E-state index contributed by atoms with van der Waals surface area (Å²) in [6, 6.07) is 1.91. The zero-order valence-corrected chi connectivity index (χ0v) is 17.5. The first kappa shape index (κ1) is 20.4. The number of amides is 1. The Morgan fingerprint density at radius 2 is 2.13 bits per heavy atom. The molecule has 0 aliphatic heterocycles. The highest BCUT2D eigenvalue weighted by Crippen LogP contribution is 2.36. The fourth-order valence-corrected chi connectivity index (χ4v) is 4.93. The molecule has 1 saturated carbocycles. The normalized spacial score (nSPS) is 18.9. The Bertz CT molecular complexity index is 1160. The predicted molar refractivity (Wildman–Crippen MR) is 113 cm³/mol. The lowest BCUT2D eigenvalue weighted by atomic mass is 9.87. The molecule has 0 saturated heterocycles. The lowest BCUT2D eigenvalue weighted by Gasteiger charge is -2.37. The highest BCUT2D eigenvalue weighted by Gasteiger charge is 2.33. The van der Waals surface area contributed by atoms with Gasteiger partial charge in [-0.25, -0.2) is 23.1 Å². The number of nitrogens with one attached hydrogen (secondary N) is 4. The van der Waals surface area contributed by atoms with Gasteiger partial charge in [0, 0.05) is 36.9 Å². The maximum Gasteiger partial charge on any atom is 0.272 e. The predicted octanol–water partition coefficient (Wildman–Crippen LogP) is 1.85. The molecule has 0 bridgehead atoms. The number of carbonyl (C=O) groups is 1. The Kier molecular flexibility index (Phi) is 5.48. The largest absolute Gasteiger partial charge is 0.443 e. The average Bonchev–Trinajstić information content (AvgIpc) is 3.35. The summed E-state index contributed by atoms with van der Waals surface area (Å²) in [6.07, 6.45) is 6.67. The van der Waals surface area contributed by atoms with E-state index in [0.29, 0.717) is 30.5 Å². The maximum absolute atomic E-state index is 12.0. The third-order valence-corrected chi connectivity index (χ3v) is 6.72. The summed E-state index contributed by atoms with van der Waals surface area (Å²) in [5.41, 5.74) is 2.30. The number of aromatic amines is 1. The minimum atomic E-state index is -3.23. The van der Waals surface area contributed by atoms with Gasteiger partial charge in [-0.2, -0.15) is 0 Å². The highest BCUT2D eigenvalue weighted by molar-refractivity contribution is 7.89. The van der Waals surface area contributed by atoms with E-state index in [2.05, 4.69) is 30.3 Å². The van der Waals surface area contributed by atoms with Gasteiger partial charge in [0.1, 0.15) is 11.9 Å². The number of rotatable bonds is 8. The molecule has 0 aromatic carbocycles. The molecule has 11 heteroatoms. The van der Waals surface area contributed by atoms with Crippen molar-refractivity contribution in [1.82, 2.24) is 25.0 Å². The summed E-state index contributed by atoms with van der Waals surface area (Å²) in [7, 11) is -1.70. The van der Waals surface area contributed by atoms with Gasteiger partial charge in [-0.3, -0.25) is 4.79 Å². The molecule has 3 aromatic rings. The van der Waals surface area contributed by atoms with E-state index >= 15 is 0 Å². The molecule has 1 aliphatic rings. The molecule has 30 heavy (non-hydrogen) atoms. The van der Waals surface area contributed by atoms with E-state index in [9.17, 15) is 13.2 Å². The summed E-state index contributed by atoms with van der Waals surface area (Å²) < 4.78 is 32.2. The topological polar surface area (TPSA) is 142 Å². The summed E-state index contributed by atoms with van der Waals surface area (Å²) in [5.74, 6) is 0.0837. The number of anilines is 1. The fraction of sp³-hybridized carbons (Fsp3) is 0.421. The van der Waals surface area contributed by atoms with Crippen molar-refractivity contribution >= 4 is 32.7 Å². The first-order valence-electron chi connectivity index (χ1n) is 9.80. The van der Waals surface area contributed by atoms with Gasteiger partial charge in [0.05, 0.1) is 17.0 Å². The summed E-state index contributed by atoms with van der Waals surface area (Å²) in [5, 5.41) is 6.86. The van der Waals surface area contributed by atoms with Gasteiger partial charge in [-0.1, -0.05) is 6.92 Å². The van der Waals surface area contributed by atoms with Crippen LogP contribution in [0.3, 0.4) is 0 Å². The quantitative estimate of drug-likeness (QED) is 0.425. The van der Waals surface area contributed by atoms with Crippen LogP contribution in [-0.4, -0.2) is 54.2 Å². The molecule has 4 rings (SSSR count). The maximum atomic E-state index is 12.0.